The lowest BCUT2D eigenvalue weighted by molar-refractivity contribution is 0.923. The average Bonchev–Trinajstić information content (AvgIpc) is 3.29. The number of nitrogens with one attached hydrogen (secondary N) is 3. The highest BCUT2D eigenvalue weighted by Crippen LogP contribution is 2.27. The summed E-state index contributed by atoms with van der Waals surface area (Å²) in [7, 11) is 0. The predicted molar refractivity (Wildman–Crippen MR) is 123 cm³/mol. The summed E-state index contributed by atoms with van der Waals surface area (Å²) in [6.45, 7) is 4.05. The number of nitrogens with zero attached hydrogens (tertiary/aromatic N) is 2. The second-order valence-electron chi connectivity index (χ2n) is 7.73. The van der Waals surface area contributed by atoms with Gasteiger partial charge < -0.3 is 21.0 Å². The first-order chi connectivity index (χ1) is 14.6. The molecule has 0 radical (unpaired) electrons. The van der Waals surface area contributed by atoms with Crippen LogP contribution in [0.3, 0.4) is 0 Å². The predicted octanol–water partition coefficient (Wildman–Crippen LogP) is 5.17. The Morgan fingerprint density at radius 1 is 0.967 bits per heavy atom. The number of nitrogens with two attached hydrogens (primary N) is 1. The largest absolute Gasteiger partial charge is 0.368 e. The van der Waals surface area contributed by atoms with Crippen LogP contribution >= 0.6 is 0 Å². The van der Waals surface area contributed by atoms with Crippen molar-refractivity contribution in [1.82, 2.24) is 19.9 Å². The number of aryl methyl sites for hydroxylation is 3. The lowest BCUT2D eigenvalue weighted by Crippen LogP contribution is -2.08. The van der Waals surface area contributed by atoms with E-state index in [1.807, 2.05) is 13.0 Å². The third-order valence-corrected chi connectivity index (χ3v) is 5.57. The van der Waals surface area contributed by atoms with Gasteiger partial charge in [0.05, 0.1) is 0 Å². The first-order valence-corrected chi connectivity index (χ1v) is 10.1. The van der Waals surface area contributed by atoms with Gasteiger partial charge in [-0.05, 0) is 62.6 Å². The topological polar surface area (TPSA) is 95.4 Å². The summed E-state index contributed by atoms with van der Waals surface area (Å²) >= 11 is 0. The molecule has 5 rings (SSSR count). The van der Waals surface area contributed by atoms with Crippen molar-refractivity contribution in [1.29, 1.82) is 0 Å². The fourth-order valence-electron chi connectivity index (χ4n) is 4.11. The number of hydrogen-bond donors (Lipinski definition) is 4. The molecule has 0 aliphatic rings. The average molecular weight is 396 g/mol. The number of H-pyrrole nitrogens is 2. The summed E-state index contributed by atoms with van der Waals surface area (Å²) in [4.78, 5) is 15.6. The highest BCUT2D eigenvalue weighted by molar-refractivity contribution is 5.85. The number of benzene rings is 2. The van der Waals surface area contributed by atoms with Gasteiger partial charge in [-0.3, -0.25) is 0 Å². The molecule has 0 saturated carbocycles. The Morgan fingerprint density at radius 3 is 2.73 bits per heavy atom. The van der Waals surface area contributed by atoms with E-state index in [1.165, 1.54) is 10.9 Å². The molecule has 0 fully saturated rings. The van der Waals surface area contributed by atoms with Crippen molar-refractivity contribution in [3.05, 3.63) is 77.2 Å². The minimum absolute atomic E-state index is 0.282. The Bertz CT molecular complexity index is 1360. The van der Waals surface area contributed by atoms with Gasteiger partial charge in [0.2, 0.25) is 5.95 Å². The number of fused-ring (bicyclic) bond motifs is 2. The molecule has 0 aliphatic carbocycles. The van der Waals surface area contributed by atoms with Crippen molar-refractivity contribution in [3.8, 4) is 0 Å². The molecule has 150 valence electrons. The number of aromatic nitrogens is 4. The molecule has 0 amide bonds. The van der Waals surface area contributed by atoms with Crippen molar-refractivity contribution in [2.75, 3.05) is 11.1 Å². The highest BCUT2D eigenvalue weighted by Gasteiger charge is 2.13. The zero-order chi connectivity index (χ0) is 20.7. The molecule has 6 heteroatoms. The van der Waals surface area contributed by atoms with Crippen LogP contribution in [0.15, 0.2) is 54.7 Å². The van der Waals surface area contributed by atoms with E-state index in [1.54, 1.807) is 0 Å². The van der Waals surface area contributed by atoms with Gasteiger partial charge in [-0.1, -0.05) is 18.2 Å². The third kappa shape index (κ3) is 3.37. The van der Waals surface area contributed by atoms with Crippen LogP contribution in [-0.4, -0.2) is 19.9 Å². The molecule has 0 unspecified atom stereocenters. The Morgan fingerprint density at radius 2 is 1.83 bits per heavy atom. The molecule has 0 bridgehead atoms. The van der Waals surface area contributed by atoms with Crippen molar-refractivity contribution >= 4 is 39.3 Å². The number of nitrogen functional groups attached to an aromatic ring is 1. The van der Waals surface area contributed by atoms with E-state index >= 15 is 0 Å². The molecule has 5 N–H and O–H groups in total. The Balaban J connectivity index is 1.45. The van der Waals surface area contributed by atoms with E-state index in [2.05, 4.69) is 80.8 Å². The minimum atomic E-state index is 0.282. The first-order valence-electron chi connectivity index (χ1n) is 10.1. The maximum Gasteiger partial charge on any atom is 0.222 e. The Kier molecular flexibility index (Phi) is 4.39. The molecule has 0 atom stereocenters. The molecular formula is C24H24N6. The third-order valence-electron chi connectivity index (χ3n) is 5.57. The van der Waals surface area contributed by atoms with Gasteiger partial charge in [-0.25, -0.2) is 4.98 Å². The van der Waals surface area contributed by atoms with Crippen LogP contribution in [0.5, 0.6) is 0 Å². The van der Waals surface area contributed by atoms with Gasteiger partial charge in [-0.15, -0.1) is 0 Å². The molecule has 30 heavy (non-hydrogen) atoms. The van der Waals surface area contributed by atoms with E-state index in [-0.39, 0.29) is 5.95 Å². The molecule has 3 heterocycles. The van der Waals surface area contributed by atoms with Gasteiger partial charge in [0.15, 0.2) is 0 Å². The quantitative estimate of drug-likeness (QED) is 0.330. The van der Waals surface area contributed by atoms with Crippen molar-refractivity contribution in [2.24, 2.45) is 0 Å². The van der Waals surface area contributed by atoms with Gasteiger partial charge in [0, 0.05) is 50.6 Å². The molecule has 6 nitrogen and oxygen atoms in total. The summed E-state index contributed by atoms with van der Waals surface area (Å²) in [5.41, 5.74) is 13.6. The molecular weight excluding hydrogens is 372 g/mol. The molecule has 2 aromatic carbocycles. The van der Waals surface area contributed by atoms with Gasteiger partial charge in [-0.2, -0.15) is 4.98 Å². The van der Waals surface area contributed by atoms with Crippen molar-refractivity contribution in [2.45, 2.75) is 26.7 Å². The second-order valence-corrected chi connectivity index (χ2v) is 7.73. The summed E-state index contributed by atoms with van der Waals surface area (Å²) in [5, 5.41) is 5.89. The summed E-state index contributed by atoms with van der Waals surface area (Å²) in [6, 6.07) is 16.8. The Labute approximate surface area is 174 Å². The highest BCUT2D eigenvalue weighted by atomic mass is 15.1. The molecule has 0 aliphatic heterocycles. The molecule has 0 spiro atoms. The van der Waals surface area contributed by atoms with Crippen LogP contribution < -0.4 is 11.1 Å². The van der Waals surface area contributed by atoms with Gasteiger partial charge in [0.25, 0.3) is 0 Å². The van der Waals surface area contributed by atoms with Crippen molar-refractivity contribution in [3.63, 3.8) is 0 Å². The fraction of sp³-hybridized carbons (Fsp3) is 0.167. The zero-order valence-electron chi connectivity index (χ0n) is 17.1. The summed E-state index contributed by atoms with van der Waals surface area (Å²) in [5.74, 6) is 1.05. The lowest BCUT2D eigenvalue weighted by atomic mass is 10.0. The Hall–Kier alpha value is -3.80. The number of para-hydroxylation sites is 1. The molecule has 0 saturated heterocycles. The maximum absolute atomic E-state index is 5.97. The van der Waals surface area contributed by atoms with Crippen LogP contribution in [0.1, 0.15) is 22.5 Å². The van der Waals surface area contributed by atoms with Crippen LogP contribution in [-0.2, 0) is 12.8 Å². The monoisotopic (exact) mass is 396 g/mol. The zero-order valence-corrected chi connectivity index (χ0v) is 17.1. The SMILES string of the molecule is Cc1cc2cc(Nc3nc(N)nc(C)c3CCc3c[nH]c4ccccc34)ccc2[nH]1. The van der Waals surface area contributed by atoms with Gasteiger partial charge >= 0.3 is 0 Å². The van der Waals surface area contributed by atoms with E-state index in [4.69, 9.17) is 5.73 Å². The molecule has 5 aromatic rings. The van der Waals surface area contributed by atoms with E-state index in [0.29, 0.717) is 0 Å². The minimum Gasteiger partial charge on any atom is -0.368 e. The number of aromatic amines is 2. The summed E-state index contributed by atoms with van der Waals surface area (Å²) in [6.07, 6.45) is 3.80. The molecule has 3 aromatic heterocycles. The van der Waals surface area contributed by atoms with Crippen molar-refractivity contribution < 1.29 is 0 Å². The smallest absolute Gasteiger partial charge is 0.222 e. The second kappa shape index (κ2) is 7.22. The van der Waals surface area contributed by atoms with E-state index < -0.39 is 0 Å². The number of anilines is 3. The van der Waals surface area contributed by atoms with Crippen LogP contribution in [0.25, 0.3) is 21.8 Å². The van der Waals surface area contributed by atoms with Crippen LogP contribution in [0, 0.1) is 13.8 Å². The van der Waals surface area contributed by atoms with Crippen LogP contribution in [0.4, 0.5) is 17.5 Å². The summed E-state index contributed by atoms with van der Waals surface area (Å²) < 4.78 is 0. The first kappa shape index (κ1) is 18.2. The van der Waals surface area contributed by atoms with E-state index in [0.717, 1.165) is 57.7 Å². The fourth-order valence-corrected chi connectivity index (χ4v) is 4.11. The van der Waals surface area contributed by atoms with Gasteiger partial charge in [0.1, 0.15) is 5.82 Å². The normalized spacial score (nSPS) is 11.4. The lowest BCUT2D eigenvalue weighted by Gasteiger charge is -2.14. The number of rotatable bonds is 5. The number of hydrogen-bond acceptors (Lipinski definition) is 4. The maximum atomic E-state index is 5.97. The standard InChI is InChI=1S/C24H24N6/c1-14-11-17-12-18(8-10-21(17)27-14)29-23-19(15(2)28-24(25)30-23)9-7-16-13-26-22-6-4-3-5-20(16)22/h3-6,8,10-13,26-27H,7,9H2,1-2H3,(H3,25,28,29,30). The van der Waals surface area contributed by atoms with Crippen LogP contribution in [0.2, 0.25) is 0 Å². The van der Waals surface area contributed by atoms with E-state index in [9.17, 15) is 0 Å².